The van der Waals surface area contributed by atoms with Gasteiger partial charge in [0.1, 0.15) is 11.1 Å². The molecule has 3 heterocycles. The van der Waals surface area contributed by atoms with Gasteiger partial charge in [0, 0.05) is 44.3 Å². The van der Waals surface area contributed by atoms with Crippen LogP contribution in [0.4, 0.5) is 10.5 Å². The van der Waals surface area contributed by atoms with Gasteiger partial charge < -0.3 is 24.8 Å². The number of methoxy groups -OCH3 is 1. The van der Waals surface area contributed by atoms with E-state index in [-0.39, 0.29) is 35.7 Å². The highest BCUT2D eigenvalue weighted by molar-refractivity contribution is 8.01. The zero-order valence-electron chi connectivity index (χ0n) is 23.0. The second-order valence-corrected chi connectivity index (χ2v) is 12.3. The molecule has 0 spiro atoms. The Morgan fingerprint density at radius 3 is 2.62 bits per heavy atom. The third-order valence-corrected chi connectivity index (χ3v) is 9.42. The smallest absolute Gasteiger partial charge is 0.322 e. The van der Waals surface area contributed by atoms with Crippen LogP contribution in [0.1, 0.15) is 56.0 Å². The van der Waals surface area contributed by atoms with Gasteiger partial charge in [0.05, 0.1) is 12.4 Å². The van der Waals surface area contributed by atoms with Gasteiger partial charge in [-0.3, -0.25) is 9.59 Å². The van der Waals surface area contributed by atoms with E-state index in [4.69, 9.17) is 4.74 Å². The number of carbonyl (C=O) groups is 3. The number of rotatable bonds is 8. The van der Waals surface area contributed by atoms with Gasteiger partial charge in [0.25, 0.3) is 0 Å². The zero-order valence-corrected chi connectivity index (χ0v) is 23.8. The minimum absolute atomic E-state index is 0.0165. The molecule has 0 radical (unpaired) electrons. The molecule has 2 saturated heterocycles. The van der Waals surface area contributed by atoms with Crippen LogP contribution < -0.4 is 10.1 Å². The Morgan fingerprint density at radius 1 is 1.10 bits per heavy atom. The molecule has 3 aliphatic rings. The third-order valence-electron chi connectivity index (χ3n) is 7.94. The van der Waals surface area contributed by atoms with E-state index in [0.29, 0.717) is 32.1 Å². The van der Waals surface area contributed by atoms with E-state index in [2.05, 4.69) is 19.2 Å². The van der Waals surface area contributed by atoms with Crippen LogP contribution in [0.2, 0.25) is 0 Å². The fourth-order valence-corrected chi connectivity index (χ4v) is 7.10. The Morgan fingerprint density at radius 2 is 1.87 bits per heavy atom. The van der Waals surface area contributed by atoms with Crippen LogP contribution in [-0.4, -0.2) is 70.6 Å². The Balaban J connectivity index is 1.20. The van der Waals surface area contributed by atoms with E-state index in [9.17, 15) is 14.4 Å². The van der Waals surface area contributed by atoms with Crippen LogP contribution in [-0.2, 0) is 16.1 Å². The summed E-state index contributed by atoms with van der Waals surface area (Å²) in [6.07, 6.45) is 2.58. The molecule has 0 saturated carbocycles. The van der Waals surface area contributed by atoms with Crippen LogP contribution in [0.15, 0.2) is 48.5 Å². The first-order valence-corrected chi connectivity index (χ1v) is 14.8. The molecular weight excluding hydrogens is 512 g/mol. The molecule has 0 aromatic heterocycles. The van der Waals surface area contributed by atoms with Crippen LogP contribution in [0.5, 0.6) is 5.75 Å². The van der Waals surface area contributed by atoms with Crippen LogP contribution in [0.3, 0.4) is 0 Å². The average Bonchev–Trinajstić information content (AvgIpc) is 3.26. The number of carbonyl (C=O) groups excluding carboxylic acids is 3. The van der Waals surface area contributed by atoms with Crippen molar-refractivity contribution in [3.63, 3.8) is 0 Å². The second-order valence-electron chi connectivity index (χ2n) is 11.0. The normalized spacial score (nSPS) is 21.8. The van der Waals surface area contributed by atoms with Crippen molar-refractivity contribution in [1.82, 2.24) is 14.7 Å². The predicted octanol–water partition coefficient (Wildman–Crippen LogP) is 5.11. The van der Waals surface area contributed by atoms with E-state index in [1.165, 1.54) is 0 Å². The highest BCUT2D eigenvalue weighted by atomic mass is 32.2. The molecule has 2 atom stereocenters. The van der Waals surface area contributed by atoms with Crippen molar-refractivity contribution in [3.8, 4) is 5.75 Å². The molecule has 208 valence electrons. The number of piperidine rings is 1. The first-order chi connectivity index (χ1) is 18.8. The van der Waals surface area contributed by atoms with Crippen LogP contribution >= 0.6 is 11.8 Å². The minimum Gasteiger partial charge on any atom is -0.497 e. The lowest BCUT2D eigenvalue weighted by atomic mass is 10.0. The first kappa shape index (κ1) is 27.4. The molecule has 0 bridgehead atoms. The molecule has 3 aliphatic heterocycles. The van der Waals surface area contributed by atoms with E-state index < -0.39 is 5.25 Å². The van der Waals surface area contributed by atoms with Crippen molar-refractivity contribution in [1.29, 1.82) is 0 Å². The van der Waals surface area contributed by atoms with Crippen LogP contribution in [0.25, 0.3) is 0 Å². The number of ether oxygens (including phenoxy) is 1. The Labute approximate surface area is 235 Å². The topological polar surface area (TPSA) is 82.2 Å². The quantitative estimate of drug-likeness (QED) is 0.494. The van der Waals surface area contributed by atoms with Gasteiger partial charge in [-0.25, -0.2) is 4.79 Å². The van der Waals surface area contributed by atoms with Crippen LogP contribution in [0, 0.1) is 5.92 Å². The maximum atomic E-state index is 13.5. The largest absolute Gasteiger partial charge is 0.497 e. The van der Waals surface area contributed by atoms with E-state index in [1.54, 1.807) is 18.9 Å². The van der Waals surface area contributed by atoms with Gasteiger partial charge in [-0.1, -0.05) is 44.2 Å². The summed E-state index contributed by atoms with van der Waals surface area (Å²) in [4.78, 5) is 45.3. The summed E-state index contributed by atoms with van der Waals surface area (Å²) in [5.74, 6) is 1.30. The van der Waals surface area contributed by atoms with Crippen molar-refractivity contribution in [2.75, 3.05) is 32.1 Å². The van der Waals surface area contributed by atoms with E-state index in [1.807, 2.05) is 63.2 Å². The summed E-state index contributed by atoms with van der Waals surface area (Å²) in [6.45, 7) is 6.76. The van der Waals surface area contributed by atoms with Crippen molar-refractivity contribution >= 4 is 35.3 Å². The third kappa shape index (κ3) is 6.03. The summed E-state index contributed by atoms with van der Waals surface area (Å²) in [5, 5.41) is 2.46. The summed E-state index contributed by atoms with van der Waals surface area (Å²) in [7, 11) is 1.64. The highest BCUT2D eigenvalue weighted by Crippen LogP contribution is 2.45. The number of fused-ring (bicyclic) bond motifs is 1. The number of urea groups is 1. The van der Waals surface area contributed by atoms with Crippen molar-refractivity contribution in [3.05, 3.63) is 59.7 Å². The summed E-state index contributed by atoms with van der Waals surface area (Å²) in [5.41, 5.74) is 3.01. The fraction of sp³-hybridized carbons (Fsp3) is 0.500. The second kappa shape index (κ2) is 11.9. The number of thioether (sulfide) groups is 1. The molecule has 2 unspecified atom stereocenters. The number of anilines is 1. The van der Waals surface area contributed by atoms with Crippen molar-refractivity contribution in [2.45, 2.75) is 62.7 Å². The summed E-state index contributed by atoms with van der Waals surface area (Å²) < 4.78 is 5.42. The van der Waals surface area contributed by atoms with Crippen molar-refractivity contribution in [2.24, 2.45) is 5.92 Å². The molecule has 2 fully saturated rings. The number of benzene rings is 2. The monoisotopic (exact) mass is 550 g/mol. The maximum Gasteiger partial charge on any atom is 0.322 e. The van der Waals surface area contributed by atoms with Crippen molar-refractivity contribution < 1.29 is 19.1 Å². The molecule has 39 heavy (non-hydrogen) atoms. The number of hydrogen-bond donors (Lipinski definition) is 1. The lowest BCUT2D eigenvalue weighted by Gasteiger charge is -2.40. The molecule has 9 heteroatoms. The van der Waals surface area contributed by atoms with Gasteiger partial charge in [-0.15, -0.1) is 11.8 Å². The predicted molar refractivity (Wildman–Crippen MR) is 154 cm³/mol. The maximum absolute atomic E-state index is 13.5. The Kier molecular flexibility index (Phi) is 8.35. The average molecular weight is 551 g/mol. The number of nitrogens with zero attached hydrogens (tertiary/aromatic N) is 3. The van der Waals surface area contributed by atoms with Gasteiger partial charge in [-0.05, 0) is 54.5 Å². The molecule has 5 rings (SSSR count). The number of para-hydroxylation sites is 1. The molecular formula is C30H38N4O4S. The molecule has 0 aliphatic carbocycles. The molecule has 2 aromatic rings. The van der Waals surface area contributed by atoms with E-state index >= 15 is 0 Å². The molecule has 8 nitrogen and oxygen atoms in total. The lowest BCUT2D eigenvalue weighted by Crippen LogP contribution is -2.51. The number of amides is 4. The zero-order chi connectivity index (χ0) is 27.5. The Bertz CT molecular complexity index is 1210. The molecule has 4 amide bonds. The lowest BCUT2D eigenvalue weighted by molar-refractivity contribution is -0.137. The summed E-state index contributed by atoms with van der Waals surface area (Å²) in [6, 6.07) is 15.8. The van der Waals surface area contributed by atoms with Gasteiger partial charge in [-0.2, -0.15) is 0 Å². The minimum atomic E-state index is -0.400. The highest BCUT2D eigenvalue weighted by Gasteiger charge is 2.43. The molecule has 2 aromatic carbocycles. The van der Waals surface area contributed by atoms with Gasteiger partial charge in [0.15, 0.2) is 0 Å². The number of likely N-dealkylation sites (tertiary alicyclic amines) is 1. The number of nitrogens with one attached hydrogen (secondary N) is 1. The fourth-order valence-electron chi connectivity index (χ4n) is 5.63. The first-order valence-electron chi connectivity index (χ1n) is 13.9. The van der Waals surface area contributed by atoms with Gasteiger partial charge in [0.2, 0.25) is 11.8 Å². The number of hydrogen-bond acceptors (Lipinski definition) is 5. The Hall–Kier alpha value is -3.20. The van der Waals surface area contributed by atoms with E-state index in [0.717, 1.165) is 41.8 Å². The summed E-state index contributed by atoms with van der Waals surface area (Å²) >= 11 is 1.57. The molecule has 1 N–H and O–H groups in total. The van der Waals surface area contributed by atoms with Gasteiger partial charge >= 0.3 is 6.03 Å². The SMILES string of the molecule is COc1cccc(C2SC(CC(=O)N3CCC(N4Cc5ccccc5NC4=O)CC3)C(=O)N2CCC(C)C)c1. The standard InChI is InChI=1S/C30H38N4O4S/c1-20(2)11-16-33-28(36)26(39-29(33)21-8-6-9-24(17-21)38-3)18-27(35)32-14-12-23(13-15-32)34-19-22-7-4-5-10-25(22)31-30(34)37/h4-10,17,20,23,26,29H,11-16,18-19H2,1-3H3,(H,31,37).